The second kappa shape index (κ2) is 6.29. The number of aromatic nitrogens is 2. The summed E-state index contributed by atoms with van der Waals surface area (Å²) in [5.41, 5.74) is 1.79. The van der Waals surface area contributed by atoms with Crippen LogP contribution in [0.1, 0.15) is 6.42 Å². The molecule has 0 radical (unpaired) electrons. The van der Waals surface area contributed by atoms with Gasteiger partial charge in [0.25, 0.3) is 0 Å². The topological polar surface area (TPSA) is 66.3 Å². The highest BCUT2D eigenvalue weighted by molar-refractivity contribution is 7.17. The van der Waals surface area contributed by atoms with Crippen LogP contribution in [0, 0.1) is 5.82 Å². The molecule has 0 saturated heterocycles. The highest BCUT2D eigenvalue weighted by Crippen LogP contribution is 2.37. The first-order valence-electron chi connectivity index (χ1n) is 6.97. The van der Waals surface area contributed by atoms with Crippen molar-refractivity contribution < 1.29 is 14.3 Å². The molecule has 0 fully saturated rings. The van der Waals surface area contributed by atoms with E-state index in [2.05, 4.69) is 9.97 Å². The molecular formula is C16H14FN3O2S. The molecule has 3 aromatic rings. The molecule has 118 valence electrons. The second-order valence-electron chi connectivity index (χ2n) is 5.10. The lowest BCUT2D eigenvalue weighted by Crippen LogP contribution is -2.22. The highest BCUT2D eigenvalue weighted by atomic mass is 32.1. The van der Waals surface area contributed by atoms with Gasteiger partial charge in [0.1, 0.15) is 22.8 Å². The lowest BCUT2D eigenvalue weighted by molar-refractivity contribution is -0.136. The molecule has 0 aliphatic carbocycles. The Bertz CT molecular complexity index is 848. The van der Waals surface area contributed by atoms with E-state index in [1.165, 1.54) is 29.8 Å². The first-order chi connectivity index (χ1) is 11.1. The van der Waals surface area contributed by atoms with E-state index in [0.29, 0.717) is 12.4 Å². The van der Waals surface area contributed by atoms with Crippen LogP contribution in [-0.2, 0) is 4.79 Å². The molecule has 0 unspecified atom stereocenters. The third-order valence-electron chi connectivity index (χ3n) is 3.53. The molecule has 0 aliphatic heterocycles. The summed E-state index contributed by atoms with van der Waals surface area (Å²) >= 11 is 1.48. The van der Waals surface area contributed by atoms with Crippen LogP contribution in [0.15, 0.2) is 36.0 Å². The quantitative estimate of drug-likeness (QED) is 0.776. The van der Waals surface area contributed by atoms with E-state index in [-0.39, 0.29) is 12.2 Å². The zero-order valence-electron chi connectivity index (χ0n) is 12.4. The third-order valence-corrected chi connectivity index (χ3v) is 4.41. The molecule has 1 aromatic carbocycles. The van der Waals surface area contributed by atoms with Gasteiger partial charge in [0.2, 0.25) is 0 Å². The summed E-state index contributed by atoms with van der Waals surface area (Å²) in [4.78, 5) is 22.0. The van der Waals surface area contributed by atoms with Gasteiger partial charge in [-0.3, -0.25) is 4.79 Å². The molecule has 23 heavy (non-hydrogen) atoms. The molecule has 7 heteroatoms. The number of fused-ring (bicyclic) bond motifs is 1. The number of carboxylic acid groups (broad SMARTS) is 1. The van der Waals surface area contributed by atoms with E-state index < -0.39 is 5.97 Å². The zero-order chi connectivity index (χ0) is 16.4. The Morgan fingerprint density at radius 3 is 2.74 bits per heavy atom. The maximum atomic E-state index is 13.1. The van der Waals surface area contributed by atoms with Crippen LogP contribution in [0.2, 0.25) is 0 Å². The van der Waals surface area contributed by atoms with Gasteiger partial charge in [-0.1, -0.05) is 12.1 Å². The van der Waals surface area contributed by atoms with Crippen LogP contribution in [0.25, 0.3) is 21.3 Å². The summed E-state index contributed by atoms with van der Waals surface area (Å²) in [6, 6.07) is 6.25. The van der Waals surface area contributed by atoms with Crippen molar-refractivity contribution in [2.75, 3.05) is 18.5 Å². The van der Waals surface area contributed by atoms with E-state index in [0.717, 1.165) is 21.3 Å². The molecule has 3 rings (SSSR count). The molecule has 0 amide bonds. The van der Waals surface area contributed by atoms with E-state index >= 15 is 0 Å². The van der Waals surface area contributed by atoms with Gasteiger partial charge in [0.05, 0.1) is 11.8 Å². The van der Waals surface area contributed by atoms with Crippen molar-refractivity contribution in [1.29, 1.82) is 0 Å². The molecule has 0 spiro atoms. The number of nitrogens with zero attached hydrogens (tertiary/aromatic N) is 3. The van der Waals surface area contributed by atoms with Gasteiger partial charge in [0, 0.05) is 24.5 Å². The van der Waals surface area contributed by atoms with E-state index in [4.69, 9.17) is 5.11 Å². The SMILES string of the molecule is CN(CCC(=O)O)c1ncnc2scc(-c3ccc(F)cc3)c12. The Morgan fingerprint density at radius 1 is 1.30 bits per heavy atom. The summed E-state index contributed by atoms with van der Waals surface area (Å²) < 4.78 is 13.1. The normalized spacial score (nSPS) is 10.9. The summed E-state index contributed by atoms with van der Waals surface area (Å²) in [5, 5.41) is 11.7. The Morgan fingerprint density at radius 2 is 2.04 bits per heavy atom. The smallest absolute Gasteiger partial charge is 0.305 e. The highest BCUT2D eigenvalue weighted by Gasteiger charge is 2.16. The van der Waals surface area contributed by atoms with Crippen molar-refractivity contribution in [3.05, 3.63) is 41.8 Å². The fourth-order valence-corrected chi connectivity index (χ4v) is 3.27. The zero-order valence-corrected chi connectivity index (χ0v) is 13.2. The number of halogens is 1. The first kappa shape index (κ1) is 15.4. The van der Waals surface area contributed by atoms with Crippen LogP contribution in [0.5, 0.6) is 0 Å². The third kappa shape index (κ3) is 3.14. The lowest BCUT2D eigenvalue weighted by atomic mass is 10.1. The number of benzene rings is 1. The number of carboxylic acids is 1. The fourth-order valence-electron chi connectivity index (χ4n) is 2.36. The van der Waals surface area contributed by atoms with Crippen molar-refractivity contribution in [3.8, 4) is 11.1 Å². The molecule has 5 nitrogen and oxygen atoms in total. The van der Waals surface area contributed by atoms with Gasteiger partial charge in [-0.25, -0.2) is 14.4 Å². The standard InChI is InChI=1S/C16H14FN3O2S/c1-20(7-6-13(21)22)15-14-12(8-23-16(14)19-9-18-15)10-2-4-11(17)5-3-10/h2-5,8-9H,6-7H2,1H3,(H,21,22). The molecular weight excluding hydrogens is 317 g/mol. The molecule has 2 heterocycles. The molecule has 0 saturated carbocycles. The van der Waals surface area contributed by atoms with Gasteiger partial charge < -0.3 is 10.0 Å². The van der Waals surface area contributed by atoms with Gasteiger partial charge in [0.15, 0.2) is 0 Å². The largest absolute Gasteiger partial charge is 0.481 e. The van der Waals surface area contributed by atoms with Gasteiger partial charge >= 0.3 is 5.97 Å². The fraction of sp³-hybridized carbons (Fsp3) is 0.188. The number of aliphatic carboxylic acids is 1. The Balaban J connectivity index is 2.07. The molecule has 0 aliphatic rings. The van der Waals surface area contributed by atoms with Crippen LogP contribution in [-0.4, -0.2) is 34.6 Å². The monoisotopic (exact) mass is 331 g/mol. The summed E-state index contributed by atoms with van der Waals surface area (Å²) in [5.74, 6) is -0.466. The summed E-state index contributed by atoms with van der Waals surface area (Å²) in [6.45, 7) is 0.347. The number of hydrogen-bond donors (Lipinski definition) is 1. The average Bonchev–Trinajstić information content (AvgIpc) is 2.97. The van der Waals surface area contributed by atoms with Crippen LogP contribution < -0.4 is 4.90 Å². The molecule has 2 aromatic heterocycles. The predicted octanol–water partition coefficient (Wildman–Crippen LogP) is 3.41. The van der Waals surface area contributed by atoms with Gasteiger partial charge in [-0.05, 0) is 17.7 Å². The molecule has 0 bridgehead atoms. The van der Waals surface area contributed by atoms with Crippen LogP contribution >= 0.6 is 11.3 Å². The minimum Gasteiger partial charge on any atom is -0.481 e. The maximum absolute atomic E-state index is 13.1. The number of hydrogen-bond acceptors (Lipinski definition) is 5. The Hall–Kier alpha value is -2.54. The lowest BCUT2D eigenvalue weighted by Gasteiger charge is -2.18. The second-order valence-corrected chi connectivity index (χ2v) is 5.96. The molecule has 0 atom stereocenters. The molecule has 1 N–H and O–H groups in total. The van der Waals surface area contributed by atoms with E-state index in [1.54, 1.807) is 24.1 Å². The van der Waals surface area contributed by atoms with Crippen molar-refractivity contribution in [2.45, 2.75) is 6.42 Å². The average molecular weight is 331 g/mol. The van der Waals surface area contributed by atoms with E-state index in [1.807, 2.05) is 5.38 Å². The van der Waals surface area contributed by atoms with Crippen molar-refractivity contribution in [1.82, 2.24) is 9.97 Å². The van der Waals surface area contributed by atoms with Crippen molar-refractivity contribution >= 4 is 33.3 Å². The minimum absolute atomic E-state index is 0.0258. The van der Waals surface area contributed by atoms with E-state index in [9.17, 15) is 9.18 Å². The maximum Gasteiger partial charge on any atom is 0.305 e. The Labute approximate surface area is 136 Å². The summed E-state index contributed by atoms with van der Waals surface area (Å²) in [7, 11) is 1.80. The van der Waals surface area contributed by atoms with Crippen molar-refractivity contribution in [3.63, 3.8) is 0 Å². The van der Waals surface area contributed by atoms with Crippen LogP contribution in [0.3, 0.4) is 0 Å². The summed E-state index contributed by atoms with van der Waals surface area (Å²) in [6.07, 6.45) is 1.50. The number of anilines is 1. The number of carbonyl (C=O) groups is 1. The Kier molecular flexibility index (Phi) is 4.20. The predicted molar refractivity (Wildman–Crippen MR) is 88.3 cm³/mol. The van der Waals surface area contributed by atoms with Crippen LogP contribution in [0.4, 0.5) is 10.2 Å². The van der Waals surface area contributed by atoms with Gasteiger partial charge in [-0.15, -0.1) is 11.3 Å². The number of rotatable bonds is 5. The first-order valence-corrected chi connectivity index (χ1v) is 7.85. The van der Waals surface area contributed by atoms with Crippen molar-refractivity contribution in [2.24, 2.45) is 0 Å². The number of thiophene rings is 1. The minimum atomic E-state index is -0.855. The van der Waals surface area contributed by atoms with Gasteiger partial charge in [-0.2, -0.15) is 0 Å².